The summed E-state index contributed by atoms with van der Waals surface area (Å²) in [4.78, 5) is 0. The van der Waals surface area contributed by atoms with Crippen molar-refractivity contribution in [2.24, 2.45) is 0 Å². The number of halogens is 2. The van der Waals surface area contributed by atoms with E-state index in [1.807, 2.05) is 19.9 Å². The van der Waals surface area contributed by atoms with Crippen molar-refractivity contribution in [2.45, 2.75) is 19.2 Å². The van der Waals surface area contributed by atoms with Gasteiger partial charge in [0.25, 0.3) is 0 Å². The molecule has 1 atom stereocenters. The first-order valence-corrected chi connectivity index (χ1v) is 5.14. The molecular formula is C12H14ClFO. The molecule has 0 aliphatic carbocycles. The fourth-order valence-corrected chi connectivity index (χ4v) is 1.21. The number of rotatable bonds is 3. The van der Waals surface area contributed by atoms with Crippen molar-refractivity contribution in [3.63, 3.8) is 0 Å². The zero-order chi connectivity index (χ0) is 11.4. The van der Waals surface area contributed by atoms with Crippen molar-refractivity contribution in [1.29, 1.82) is 0 Å². The van der Waals surface area contributed by atoms with E-state index in [1.54, 1.807) is 12.1 Å². The molecule has 0 aliphatic heterocycles. The summed E-state index contributed by atoms with van der Waals surface area (Å²) in [7, 11) is 1.44. The molecule has 0 aliphatic rings. The summed E-state index contributed by atoms with van der Waals surface area (Å²) in [6.07, 6.45) is 1.86. The van der Waals surface area contributed by atoms with Gasteiger partial charge in [0.05, 0.1) is 12.5 Å². The first kappa shape index (κ1) is 12.1. The van der Waals surface area contributed by atoms with Crippen molar-refractivity contribution >= 4 is 17.7 Å². The number of hydrogen-bond donors (Lipinski definition) is 0. The number of hydrogen-bond acceptors (Lipinski definition) is 1. The van der Waals surface area contributed by atoms with E-state index < -0.39 is 0 Å². The Morgan fingerprint density at radius 3 is 2.67 bits per heavy atom. The van der Waals surface area contributed by atoms with E-state index in [9.17, 15) is 4.39 Å². The van der Waals surface area contributed by atoms with Crippen molar-refractivity contribution in [1.82, 2.24) is 0 Å². The number of ether oxygens (including phenoxy) is 1. The van der Waals surface area contributed by atoms with Gasteiger partial charge < -0.3 is 4.74 Å². The first-order valence-electron chi connectivity index (χ1n) is 4.70. The van der Waals surface area contributed by atoms with Crippen LogP contribution in [0.3, 0.4) is 0 Å². The molecule has 1 nitrogen and oxygen atoms in total. The second kappa shape index (κ2) is 5.17. The Morgan fingerprint density at radius 1 is 1.53 bits per heavy atom. The van der Waals surface area contributed by atoms with Crippen molar-refractivity contribution in [3.05, 3.63) is 35.2 Å². The van der Waals surface area contributed by atoms with Gasteiger partial charge in [0.2, 0.25) is 0 Å². The zero-order valence-corrected chi connectivity index (χ0v) is 9.81. The van der Waals surface area contributed by atoms with Gasteiger partial charge in [0.1, 0.15) is 0 Å². The largest absolute Gasteiger partial charge is 0.494 e. The molecule has 0 radical (unpaired) electrons. The van der Waals surface area contributed by atoms with Gasteiger partial charge in [-0.2, -0.15) is 0 Å². The van der Waals surface area contributed by atoms with Crippen LogP contribution in [0.5, 0.6) is 5.75 Å². The van der Waals surface area contributed by atoms with Crippen LogP contribution in [0.2, 0.25) is 0 Å². The molecule has 15 heavy (non-hydrogen) atoms. The highest BCUT2D eigenvalue weighted by atomic mass is 35.5. The highest BCUT2D eigenvalue weighted by Gasteiger charge is 2.03. The second-order valence-electron chi connectivity index (χ2n) is 3.40. The summed E-state index contributed by atoms with van der Waals surface area (Å²) in [6.45, 7) is 3.80. The van der Waals surface area contributed by atoms with Crippen LogP contribution in [0.1, 0.15) is 19.4 Å². The van der Waals surface area contributed by atoms with Gasteiger partial charge in [-0.1, -0.05) is 17.7 Å². The maximum Gasteiger partial charge on any atom is 0.165 e. The van der Waals surface area contributed by atoms with Crippen LogP contribution < -0.4 is 4.74 Å². The molecule has 3 heteroatoms. The molecule has 1 aromatic rings. The van der Waals surface area contributed by atoms with Crippen molar-refractivity contribution in [2.75, 3.05) is 7.11 Å². The van der Waals surface area contributed by atoms with E-state index in [-0.39, 0.29) is 16.9 Å². The molecule has 0 saturated carbocycles. The zero-order valence-electron chi connectivity index (χ0n) is 9.05. The van der Waals surface area contributed by atoms with Crippen LogP contribution in [-0.2, 0) is 0 Å². The number of benzene rings is 1. The quantitative estimate of drug-likeness (QED) is 0.714. The minimum Gasteiger partial charge on any atom is -0.494 e. The average Bonchev–Trinajstić information content (AvgIpc) is 2.18. The van der Waals surface area contributed by atoms with E-state index >= 15 is 0 Å². The standard InChI is InChI=1S/C12H14ClFO/c1-8(9(2)13)6-10-4-5-12(15-3)11(14)7-10/h4-7,9H,1-3H3/b8-6-. The molecule has 0 fully saturated rings. The Hall–Kier alpha value is -1.02. The molecule has 0 aromatic heterocycles. The Morgan fingerprint density at radius 2 is 2.20 bits per heavy atom. The number of alkyl halides is 1. The maximum atomic E-state index is 13.3. The van der Waals surface area contributed by atoms with Crippen LogP contribution >= 0.6 is 11.6 Å². The van der Waals surface area contributed by atoms with E-state index in [1.165, 1.54) is 13.2 Å². The summed E-state index contributed by atoms with van der Waals surface area (Å²) in [6, 6.07) is 4.83. The third kappa shape index (κ3) is 3.24. The Balaban J connectivity index is 2.98. The molecule has 0 N–H and O–H groups in total. The lowest BCUT2D eigenvalue weighted by Gasteiger charge is -2.05. The van der Waals surface area contributed by atoms with Gasteiger partial charge in [-0.25, -0.2) is 4.39 Å². The first-order chi connectivity index (χ1) is 7.04. The highest BCUT2D eigenvalue weighted by molar-refractivity contribution is 6.22. The van der Waals surface area contributed by atoms with Crippen molar-refractivity contribution < 1.29 is 9.13 Å². The number of allylic oxidation sites excluding steroid dienone is 1. The molecule has 1 aromatic carbocycles. The Bertz CT molecular complexity index is 372. The molecule has 1 rings (SSSR count). The highest BCUT2D eigenvalue weighted by Crippen LogP contribution is 2.20. The summed E-state index contributed by atoms with van der Waals surface area (Å²) >= 11 is 5.89. The lowest BCUT2D eigenvalue weighted by atomic mass is 10.1. The van der Waals surface area contributed by atoms with Crippen LogP contribution in [0, 0.1) is 5.82 Å². The second-order valence-corrected chi connectivity index (χ2v) is 4.05. The monoisotopic (exact) mass is 228 g/mol. The summed E-state index contributed by atoms with van der Waals surface area (Å²) in [5.41, 5.74) is 1.79. The van der Waals surface area contributed by atoms with Crippen molar-refractivity contribution in [3.8, 4) is 5.75 Å². The van der Waals surface area contributed by atoms with E-state index in [2.05, 4.69) is 0 Å². The fraction of sp³-hybridized carbons (Fsp3) is 0.333. The third-order valence-corrected chi connectivity index (χ3v) is 2.54. The molecule has 0 saturated heterocycles. The van der Waals surface area contributed by atoms with Gasteiger partial charge in [0, 0.05) is 0 Å². The summed E-state index contributed by atoms with van der Waals surface area (Å²) in [5, 5.41) is -0.0461. The number of methoxy groups -OCH3 is 1. The molecule has 0 amide bonds. The fourth-order valence-electron chi connectivity index (χ4n) is 1.15. The molecule has 0 spiro atoms. The van der Waals surface area contributed by atoms with Gasteiger partial charge in [0.15, 0.2) is 11.6 Å². The SMILES string of the molecule is COc1ccc(/C=C(/C)C(C)Cl)cc1F. The van der Waals surface area contributed by atoms with E-state index in [4.69, 9.17) is 16.3 Å². The van der Waals surface area contributed by atoms with Crippen LogP contribution in [0.25, 0.3) is 6.08 Å². The van der Waals surface area contributed by atoms with Crippen LogP contribution in [-0.4, -0.2) is 12.5 Å². The smallest absolute Gasteiger partial charge is 0.165 e. The third-order valence-electron chi connectivity index (χ3n) is 2.20. The van der Waals surface area contributed by atoms with Gasteiger partial charge in [-0.05, 0) is 31.5 Å². The maximum absolute atomic E-state index is 13.3. The minimum atomic E-state index is -0.360. The summed E-state index contributed by atoms with van der Waals surface area (Å²) in [5.74, 6) is -0.106. The Labute approximate surface area is 94.5 Å². The molecule has 82 valence electrons. The predicted octanol–water partition coefficient (Wildman–Crippen LogP) is 3.86. The van der Waals surface area contributed by atoms with E-state index in [0.717, 1.165) is 11.1 Å². The van der Waals surface area contributed by atoms with Gasteiger partial charge in [-0.15, -0.1) is 11.6 Å². The Kier molecular flexibility index (Phi) is 4.15. The lowest BCUT2D eigenvalue weighted by molar-refractivity contribution is 0.386. The topological polar surface area (TPSA) is 9.23 Å². The lowest BCUT2D eigenvalue weighted by Crippen LogP contribution is -1.93. The molecule has 0 heterocycles. The molecule has 1 unspecified atom stereocenters. The van der Waals surface area contributed by atoms with Gasteiger partial charge >= 0.3 is 0 Å². The van der Waals surface area contributed by atoms with Crippen LogP contribution in [0.15, 0.2) is 23.8 Å². The molecular weight excluding hydrogens is 215 g/mol. The predicted molar refractivity (Wildman–Crippen MR) is 61.9 cm³/mol. The minimum absolute atomic E-state index is 0.0461. The molecule has 0 bridgehead atoms. The average molecular weight is 229 g/mol. The summed E-state index contributed by atoms with van der Waals surface area (Å²) < 4.78 is 18.1. The van der Waals surface area contributed by atoms with Crippen LogP contribution in [0.4, 0.5) is 4.39 Å². The van der Waals surface area contributed by atoms with E-state index in [0.29, 0.717) is 0 Å². The normalized spacial score (nSPS) is 13.8. The van der Waals surface area contributed by atoms with Gasteiger partial charge in [-0.3, -0.25) is 0 Å².